The molecular formula is C16H27F3IN5OS. The Balaban J connectivity index is 0.00000364. The zero-order valence-corrected chi connectivity index (χ0v) is 18.6. The zero-order chi connectivity index (χ0) is 19.2. The van der Waals surface area contributed by atoms with Crippen LogP contribution in [-0.2, 0) is 12.6 Å². The first-order valence-electron chi connectivity index (χ1n) is 8.67. The van der Waals surface area contributed by atoms with Crippen LogP contribution < -0.4 is 10.6 Å². The van der Waals surface area contributed by atoms with Gasteiger partial charge in [-0.3, -0.25) is 4.99 Å². The predicted octanol–water partition coefficient (Wildman–Crippen LogP) is 2.63. The van der Waals surface area contributed by atoms with Crippen molar-refractivity contribution in [3.63, 3.8) is 0 Å². The zero-order valence-electron chi connectivity index (χ0n) is 15.4. The van der Waals surface area contributed by atoms with Crippen molar-refractivity contribution in [2.24, 2.45) is 12.0 Å². The molecule has 1 aliphatic rings. The molecule has 27 heavy (non-hydrogen) atoms. The summed E-state index contributed by atoms with van der Waals surface area (Å²) in [6.45, 7) is 2.32. The minimum atomic E-state index is -4.84. The van der Waals surface area contributed by atoms with E-state index in [0.717, 1.165) is 24.3 Å². The van der Waals surface area contributed by atoms with E-state index in [-0.39, 0.29) is 36.6 Å². The highest BCUT2D eigenvalue weighted by Gasteiger charge is 2.57. The van der Waals surface area contributed by atoms with Crippen LogP contribution in [0.15, 0.2) is 17.4 Å². The van der Waals surface area contributed by atoms with E-state index in [9.17, 15) is 18.3 Å². The van der Waals surface area contributed by atoms with Gasteiger partial charge in [0.15, 0.2) is 5.96 Å². The summed E-state index contributed by atoms with van der Waals surface area (Å²) >= 11 is 1.85. The Labute approximate surface area is 178 Å². The van der Waals surface area contributed by atoms with Gasteiger partial charge in [0.2, 0.25) is 5.60 Å². The number of nitrogens with one attached hydrogen (secondary N) is 2. The van der Waals surface area contributed by atoms with Crippen LogP contribution >= 0.6 is 35.7 Å². The molecular weight excluding hydrogens is 494 g/mol. The summed E-state index contributed by atoms with van der Waals surface area (Å²) in [7, 11) is 1.43. The number of guanidine groups is 1. The summed E-state index contributed by atoms with van der Waals surface area (Å²) in [4.78, 5) is 7.93. The molecule has 156 valence electrons. The Hall–Kier alpha value is -0.690. The molecule has 2 heterocycles. The van der Waals surface area contributed by atoms with E-state index in [4.69, 9.17) is 0 Å². The highest BCUT2D eigenvalue weighted by Crippen LogP contribution is 2.40. The minimum Gasteiger partial charge on any atom is -0.374 e. The van der Waals surface area contributed by atoms with Crippen LogP contribution in [0, 0.1) is 0 Å². The molecule has 0 aromatic carbocycles. The summed E-state index contributed by atoms with van der Waals surface area (Å²) in [5.41, 5.74) is -3.03. The average Bonchev–Trinajstić information content (AvgIpc) is 3.01. The molecule has 6 nitrogen and oxygen atoms in total. The molecule has 0 saturated carbocycles. The topological polar surface area (TPSA) is 74.5 Å². The normalized spacial score (nSPS) is 20.5. The van der Waals surface area contributed by atoms with Crippen molar-refractivity contribution in [3.05, 3.63) is 18.2 Å². The maximum absolute atomic E-state index is 13.5. The quantitative estimate of drug-likeness (QED) is 0.305. The lowest BCUT2D eigenvalue weighted by Gasteiger charge is -2.29. The minimum absolute atomic E-state index is 0. The smallest absolute Gasteiger partial charge is 0.374 e. The molecule has 1 aliphatic heterocycles. The molecule has 2 unspecified atom stereocenters. The SMILES string of the molecule is CCNC(=NCCC(O)(c1nccn1C)C(F)(F)F)NC1CCCSC1.I. The van der Waals surface area contributed by atoms with Crippen molar-refractivity contribution >= 4 is 41.7 Å². The van der Waals surface area contributed by atoms with Crippen molar-refractivity contribution in [3.8, 4) is 0 Å². The van der Waals surface area contributed by atoms with Gasteiger partial charge in [-0.05, 0) is 25.5 Å². The van der Waals surface area contributed by atoms with Crippen LogP contribution in [0.3, 0.4) is 0 Å². The van der Waals surface area contributed by atoms with E-state index < -0.39 is 24.0 Å². The van der Waals surface area contributed by atoms with Gasteiger partial charge in [0.25, 0.3) is 0 Å². The molecule has 1 fully saturated rings. The Bertz CT molecular complexity index is 607. The third-order valence-electron chi connectivity index (χ3n) is 4.25. The van der Waals surface area contributed by atoms with E-state index >= 15 is 0 Å². The van der Waals surface area contributed by atoms with Gasteiger partial charge in [-0.1, -0.05) is 0 Å². The standard InChI is InChI=1S/C16H26F3N5OS.HI/c1-3-20-14(23-12-5-4-10-26-11-12)22-7-6-15(25,16(17,18)19)13-21-8-9-24(13)2;/h8-9,12,25H,3-7,10-11H2,1-2H3,(H2,20,22,23);1H. The van der Waals surface area contributed by atoms with Gasteiger partial charge in [-0.15, -0.1) is 24.0 Å². The number of rotatable bonds is 6. The average molecular weight is 521 g/mol. The summed E-state index contributed by atoms with van der Waals surface area (Å²) in [6.07, 6.45) is -0.708. The Morgan fingerprint density at radius 3 is 2.74 bits per heavy atom. The van der Waals surface area contributed by atoms with Crippen molar-refractivity contribution in [1.82, 2.24) is 20.2 Å². The Kier molecular flexibility index (Phi) is 9.69. The van der Waals surface area contributed by atoms with Crippen LogP contribution in [0.4, 0.5) is 13.2 Å². The maximum atomic E-state index is 13.5. The lowest BCUT2D eigenvalue weighted by atomic mass is 9.98. The van der Waals surface area contributed by atoms with Gasteiger partial charge in [0, 0.05) is 50.7 Å². The van der Waals surface area contributed by atoms with Gasteiger partial charge in [0.05, 0.1) is 0 Å². The fourth-order valence-corrected chi connectivity index (χ4v) is 3.91. The first-order valence-corrected chi connectivity index (χ1v) is 9.83. The maximum Gasteiger partial charge on any atom is 0.424 e. The third-order valence-corrected chi connectivity index (χ3v) is 5.46. The number of nitrogens with zero attached hydrogens (tertiary/aromatic N) is 3. The van der Waals surface area contributed by atoms with Crippen molar-refractivity contribution in [1.29, 1.82) is 0 Å². The van der Waals surface area contributed by atoms with Crippen LogP contribution in [0.25, 0.3) is 0 Å². The number of hydrogen-bond donors (Lipinski definition) is 3. The largest absolute Gasteiger partial charge is 0.424 e. The first-order chi connectivity index (χ1) is 12.3. The van der Waals surface area contributed by atoms with Crippen LogP contribution in [0.5, 0.6) is 0 Å². The van der Waals surface area contributed by atoms with Crippen LogP contribution in [0.2, 0.25) is 0 Å². The molecule has 1 aromatic heterocycles. The third kappa shape index (κ3) is 6.41. The number of aryl methyl sites for hydroxylation is 1. The summed E-state index contributed by atoms with van der Waals surface area (Å²) in [5, 5.41) is 16.6. The number of thioether (sulfide) groups is 1. The fourth-order valence-electron chi connectivity index (χ4n) is 2.84. The molecule has 2 atom stereocenters. The van der Waals surface area contributed by atoms with E-state index in [1.165, 1.54) is 24.0 Å². The summed E-state index contributed by atoms with van der Waals surface area (Å²) < 4.78 is 41.7. The number of imidazole rings is 1. The van der Waals surface area contributed by atoms with E-state index in [1.54, 1.807) is 0 Å². The monoisotopic (exact) mass is 521 g/mol. The van der Waals surface area contributed by atoms with Gasteiger partial charge < -0.3 is 20.3 Å². The van der Waals surface area contributed by atoms with E-state index in [0.29, 0.717) is 12.5 Å². The first kappa shape index (κ1) is 24.3. The highest BCUT2D eigenvalue weighted by molar-refractivity contribution is 14.0. The molecule has 1 aromatic rings. The summed E-state index contributed by atoms with van der Waals surface area (Å²) in [5.74, 6) is 2.13. The molecule has 0 bridgehead atoms. The highest BCUT2D eigenvalue weighted by atomic mass is 127. The summed E-state index contributed by atoms with van der Waals surface area (Å²) in [6, 6.07) is 0.252. The lowest BCUT2D eigenvalue weighted by molar-refractivity contribution is -0.272. The van der Waals surface area contributed by atoms with Crippen molar-refractivity contribution in [2.75, 3.05) is 24.6 Å². The molecule has 0 amide bonds. The lowest BCUT2D eigenvalue weighted by Crippen LogP contribution is -2.47. The Morgan fingerprint density at radius 2 is 2.22 bits per heavy atom. The van der Waals surface area contributed by atoms with E-state index in [1.807, 2.05) is 18.7 Å². The second-order valence-electron chi connectivity index (χ2n) is 6.29. The van der Waals surface area contributed by atoms with Crippen LogP contribution in [0.1, 0.15) is 32.0 Å². The van der Waals surface area contributed by atoms with Gasteiger partial charge in [0.1, 0.15) is 5.82 Å². The van der Waals surface area contributed by atoms with Gasteiger partial charge >= 0.3 is 6.18 Å². The van der Waals surface area contributed by atoms with Gasteiger partial charge in [-0.25, -0.2) is 4.98 Å². The predicted molar refractivity (Wildman–Crippen MR) is 113 cm³/mol. The molecule has 0 aliphatic carbocycles. The molecule has 11 heteroatoms. The number of aliphatic imine (C=N–C) groups is 1. The second kappa shape index (κ2) is 10.7. The second-order valence-corrected chi connectivity index (χ2v) is 7.44. The Morgan fingerprint density at radius 1 is 1.48 bits per heavy atom. The molecule has 0 spiro atoms. The molecule has 2 rings (SSSR count). The van der Waals surface area contributed by atoms with E-state index in [2.05, 4.69) is 20.6 Å². The number of aromatic nitrogens is 2. The number of alkyl halides is 3. The number of halogens is 4. The molecule has 3 N–H and O–H groups in total. The molecule has 1 saturated heterocycles. The van der Waals surface area contributed by atoms with Crippen LogP contribution in [-0.4, -0.2) is 57.4 Å². The fraction of sp³-hybridized carbons (Fsp3) is 0.750. The number of hydrogen-bond acceptors (Lipinski definition) is 4. The number of aliphatic hydroxyl groups is 1. The van der Waals surface area contributed by atoms with Crippen molar-refractivity contribution < 1.29 is 18.3 Å². The van der Waals surface area contributed by atoms with Crippen molar-refractivity contribution in [2.45, 2.75) is 44.0 Å². The van der Waals surface area contributed by atoms with Gasteiger partial charge in [-0.2, -0.15) is 24.9 Å². The molecule has 0 radical (unpaired) electrons.